The van der Waals surface area contributed by atoms with Gasteiger partial charge in [0.15, 0.2) is 5.54 Å². The number of hydrogen-bond acceptors (Lipinski definition) is 3. The van der Waals surface area contributed by atoms with Gasteiger partial charge in [0, 0.05) is 19.1 Å². The molecular formula is C11H20F3N3O. The van der Waals surface area contributed by atoms with E-state index in [1.54, 1.807) is 0 Å². The van der Waals surface area contributed by atoms with Gasteiger partial charge in [0.1, 0.15) is 0 Å². The molecule has 1 aliphatic carbocycles. The highest BCUT2D eigenvalue weighted by Gasteiger charge is 2.53. The summed E-state index contributed by atoms with van der Waals surface area (Å²) in [5, 5.41) is 2.25. The molecule has 0 radical (unpaired) electrons. The maximum Gasteiger partial charge on any atom is 0.415 e. The minimum atomic E-state index is -4.74. The van der Waals surface area contributed by atoms with Crippen molar-refractivity contribution in [3.05, 3.63) is 0 Å². The minimum absolute atomic E-state index is 0.187. The lowest BCUT2D eigenvalue weighted by atomic mass is 10.0. The normalized spacial score (nSPS) is 19.7. The number of carbonyl (C=O) groups is 1. The van der Waals surface area contributed by atoms with Gasteiger partial charge in [0.05, 0.1) is 0 Å². The summed E-state index contributed by atoms with van der Waals surface area (Å²) in [6, 6.07) is 0.527. The Hall–Kier alpha value is -0.820. The summed E-state index contributed by atoms with van der Waals surface area (Å²) in [6.45, 7) is 4.25. The lowest BCUT2D eigenvalue weighted by Gasteiger charge is -2.27. The Morgan fingerprint density at radius 1 is 1.44 bits per heavy atom. The molecule has 3 N–H and O–H groups in total. The van der Waals surface area contributed by atoms with Gasteiger partial charge in [-0.25, -0.2) is 0 Å². The molecule has 0 bridgehead atoms. The van der Waals surface area contributed by atoms with E-state index in [4.69, 9.17) is 5.73 Å². The highest BCUT2D eigenvalue weighted by molar-refractivity contribution is 5.86. The van der Waals surface area contributed by atoms with Gasteiger partial charge >= 0.3 is 6.18 Å². The van der Waals surface area contributed by atoms with Gasteiger partial charge in [-0.2, -0.15) is 13.2 Å². The van der Waals surface area contributed by atoms with Crippen molar-refractivity contribution in [3.8, 4) is 0 Å². The number of likely N-dealkylation sites (N-methyl/N-ethyl adjacent to an activating group) is 1. The van der Waals surface area contributed by atoms with Crippen LogP contribution in [-0.2, 0) is 4.79 Å². The molecule has 106 valence electrons. The van der Waals surface area contributed by atoms with Crippen molar-refractivity contribution in [1.29, 1.82) is 0 Å². The highest BCUT2D eigenvalue weighted by atomic mass is 19.4. The fourth-order valence-electron chi connectivity index (χ4n) is 1.66. The number of carbonyl (C=O) groups excluding carboxylic acids is 1. The Bertz CT molecular complexity index is 300. The molecular weight excluding hydrogens is 247 g/mol. The molecule has 4 nitrogen and oxygen atoms in total. The minimum Gasteiger partial charge on any atom is -0.353 e. The summed E-state index contributed by atoms with van der Waals surface area (Å²) in [5.74, 6) is -1.18. The average Bonchev–Trinajstić information content (AvgIpc) is 3.06. The zero-order valence-corrected chi connectivity index (χ0v) is 10.7. The number of nitrogens with one attached hydrogen (secondary N) is 1. The number of nitrogens with two attached hydrogens (primary N) is 1. The number of hydrogen-bond donors (Lipinski definition) is 2. The van der Waals surface area contributed by atoms with Crippen LogP contribution in [0.4, 0.5) is 13.2 Å². The van der Waals surface area contributed by atoms with Crippen LogP contribution in [0.15, 0.2) is 0 Å². The van der Waals surface area contributed by atoms with E-state index in [1.807, 2.05) is 6.92 Å². The number of rotatable bonds is 6. The molecule has 1 amide bonds. The van der Waals surface area contributed by atoms with Crippen LogP contribution in [0.2, 0.25) is 0 Å². The molecule has 1 aliphatic rings. The lowest BCUT2D eigenvalue weighted by molar-refractivity contribution is -0.187. The maximum absolute atomic E-state index is 12.5. The van der Waals surface area contributed by atoms with E-state index in [9.17, 15) is 18.0 Å². The predicted octanol–water partition coefficient (Wildman–Crippen LogP) is 0.867. The van der Waals surface area contributed by atoms with Crippen LogP contribution in [-0.4, -0.2) is 48.2 Å². The summed E-state index contributed by atoms with van der Waals surface area (Å²) in [5.41, 5.74) is 2.18. The molecule has 0 heterocycles. The van der Waals surface area contributed by atoms with Crippen LogP contribution in [0.5, 0.6) is 0 Å². The fourth-order valence-corrected chi connectivity index (χ4v) is 1.66. The molecule has 0 aromatic heterocycles. The van der Waals surface area contributed by atoms with Crippen LogP contribution in [0.1, 0.15) is 26.7 Å². The highest BCUT2D eigenvalue weighted by Crippen LogP contribution is 2.28. The van der Waals surface area contributed by atoms with Crippen LogP contribution in [0.25, 0.3) is 0 Å². The van der Waals surface area contributed by atoms with Crippen molar-refractivity contribution in [1.82, 2.24) is 10.2 Å². The Kier molecular flexibility index (Phi) is 4.61. The molecule has 0 aromatic carbocycles. The standard InChI is InChI=1S/C11H20F3N3O/c1-3-17(8-4-5-8)7-6-16-9(18)10(2,15)11(12,13)14/h8H,3-7,15H2,1-2H3,(H,16,18). The van der Waals surface area contributed by atoms with Crippen molar-refractivity contribution in [3.63, 3.8) is 0 Å². The Morgan fingerprint density at radius 3 is 2.39 bits per heavy atom. The van der Waals surface area contributed by atoms with Crippen LogP contribution in [0, 0.1) is 0 Å². The van der Waals surface area contributed by atoms with Gasteiger partial charge < -0.3 is 11.1 Å². The van der Waals surface area contributed by atoms with Gasteiger partial charge in [0.2, 0.25) is 5.91 Å². The molecule has 0 aromatic rings. The van der Waals surface area contributed by atoms with Gasteiger partial charge in [-0.3, -0.25) is 9.69 Å². The molecule has 0 saturated heterocycles. The van der Waals surface area contributed by atoms with Gasteiger partial charge in [-0.1, -0.05) is 6.92 Å². The first-order valence-electron chi connectivity index (χ1n) is 6.08. The third kappa shape index (κ3) is 3.58. The van der Waals surface area contributed by atoms with E-state index in [0.717, 1.165) is 19.4 Å². The number of alkyl halides is 3. The first-order valence-corrected chi connectivity index (χ1v) is 6.08. The van der Waals surface area contributed by atoms with Crippen molar-refractivity contribution in [2.75, 3.05) is 19.6 Å². The molecule has 1 rings (SSSR count). The van der Waals surface area contributed by atoms with E-state index in [0.29, 0.717) is 19.5 Å². The molecule has 0 aliphatic heterocycles. The first-order chi connectivity index (χ1) is 8.20. The first kappa shape index (κ1) is 15.2. The summed E-state index contributed by atoms with van der Waals surface area (Å²) >= 11 is 0. The average molecular weight is 267 g/mol. The van der Waals surface area contributed by atoms with E-state index in [-0.39, 0.29) is 6.54 Å². The fraction of sp³-hybridized carbons (Fsp3) is 0.909. The largest absolute Gasteiger partial charge is 0.415 e. The van der Waals surface area contributed by atoms with E-state index in [1.165, 1.54) is 0 Å². The van der Waals surface area contributed by atoms with Gasteiger partial charge in [-0.05, 0) is 26.3 Å². The Balaban J connectivity index is 2.36. The molecule has 18 heavy (non-hydrogen) atoms. The van der Waals surface area contributed by atoms with Crippen molar-refractivity contribution in [2.45, 2.75) is 44.4 Å². The van der Waals surface area contributed by atoms with Crippen molar-refractivity contribution < 1.29 is 18.0 Å². The summed E-state index contributed by atoms with van der Waals surface area (Å²) in [6.07, 6.45) is -2.49. The molecule has 1 fully saturated rings. The molecule has 1 atom stereocenters. The monoisotopic (exact) mass is 267 g/mol. The second-order valence-electron chi connectivity index (χ2n) is 4.82. The topological polar surface area (TPSA) is 58.4 Å². The lowest BCUT2D eigenvalue weighted by Crippen LogP contribution is -2.61. The molecule has 7 heteroatoms. The zero-order chi connectivity index (χ0) is 14.0. The van der Waals surface area contributed by atoms with Gasteiger partial charge in [0.25, 0.3) is 0 Å². The quantitative estimate of drug-likeness (QED) is 0.750. The predicted molar refractivity (Wildman–Crippen MR) is 61.9 cm³/mol. The number of nitrogens with zero attached hydrogens (tertiary/aromatic N) is 1. The van der Waals surface area contributed by atoms with E-state index in [2.05, 4.69) is 10.2 Å². The second-order valence-corrected chi connectivity index (χ2v) is 4.82. The third-order valence-electron chi connectivity index (χ3n) is 3.21. The summed E-state index contributed by atoms with van der Waals surface area (Å²) < 4.78 is 37.4. The SMILES string of the molecule is CCN(CCNC(=O)C(C)(N)C(F)(F)F)C1CC1. The van der Waals surface area contributed by atoms with Crippen molar-refractivity contribution in [2.24, 2.45) is 5.73 Å². The van der Waals surface area contributed by atoms with Gasteiger partial charge in [-0.15, -0.1) is 0 Å². The number of halogens is 3. The van der Waals surface area contributed by atoms with E-state index >= 15 is 0 Å². The van der Waals surface area contributed by atoms with E-state index < -0.39 is 17.6 Å². The molecule has 0 spiro atoms. The molecule has 1 unspecified atom stereocenters. The second kappa shape index (κ2) is 5.44. The smallest absolute Gasteiger partial charge is 0.353 e. The summed E-state index contributed by atoms with van der Waals surface area (Å²) in [4.78, 5) is 13.5. The number of amides is 1. The van der Waals surface area contributed by atoms with Crippen LogP contribution < -0.4 is 11.1 Å². The Labute approximate surface area is 105 Å². The summed E-state index contributed by atoms with van der Waals surface area (Å²) in [7, 11) is 0. The van der Waals surface area contributed by atoms with Crippen molar-refractivity contribution >= 4 is 5.91 Å². The maximum atomic E-state index is 12.5. The van der Waals surface area contributed by atoms with Crippen LogP contribution >= 0.6 is 0 Å². The Morgan fingerprint density at radius 2 is 2.00 bits per heavy atom. The molecule has 1 saturated carbocycles. The zero-order valence-electron chi connectivity index (χ0n) is 10.7. The van der Waals surface area contributed by atoms with Crippen LogP contribution in [0.3, 0.4) is 0 Å². The third-order valence-corrected chi connectivity index (χ3v) is 3.21.